The fourth-order valence-corrected chi connectivity index (χ4v) is 4.16. The Bertz CT molecular complexity index is 606. The number of halogens is 1. The first-order valence-corrected chi connectivity index (χ1v) is 8.77. The number of fused-ring (bicyclic) bond motifs is 1. The number of pyridine rings is 1. The number of aromatic nitrogens is 1. The van der Waals surface area contributed by atoms with Crippen molar-refractivity contribution in [3.05, 3.63) is 28.9 Å². The number of anilines is 2. The highest BCUT2D eigenvalue weighted by Gasteiger charge is 2.15. The van der Waals surface area contributed by atoms with Gasteiger partial charge in [0, 0.05) is 21.7 Å². The standard InChI is InChI=1S/C15H18BrN3S/c16-10-4-5-14-12(7-10)15(13(17)9-18-14)19-8-11-3-1-2-6-20-11/h4-5,7,9,11H,1-3,6,8,17H2,(H,18,19). The molecule has 1 atom stereocenters. The van der Waals surface area contributed by atoms with Crippen LogP contribution in [0.15, 0.2) is 28.9 Å². The van der Waals surface area contributed by atoms with E-state index in [1.807, 2.05) is 12.1 Å². The van der Waals surface area contributed by atoms with Crippen molar-refractivity contribution in [3.63, 3.8) is 0 Å². The fourth-order valence-electron chi connectivity index (χ4n) is 2.56. The number of nitrogens with one attached hydrogen (secondary N) is 1. The van der Waals surface area contributed by atoms with Crippen LogP contribution in [0.5, 0.6) is 0 Å². The molecule has 3 N–H and O–H groups in total. The van der Waals surface area contributed by atoms with Gasteiger partial charge in [-0.15, -0.1) is 0 Å². The summed E-state index contributed by atoms with van der Waals surface area (Å²) in [6.45, 7) is 0.973. The van der Waals surface area contributed by atoms with E-state index >= 15 is 0 Å². The van der Waals surface area contributed by atoms with Gasteiger partial charge in [0.05, 0.1) is 23.1 Å². The molecule has 1 unspecified atom stereocenters. The zero-order valence-corrected chi connectivity index (χ0v) is 13.6. The first-order valence-electron chi connectivity index (χ1n) is 6.93. The smallest absolute Gasteiger partial charge is 0.0743 e. The van der Waals surface area contributed by atoms with Crippen molar-refractivity contribution in [2.45, 2.75) is 24.5 Å². The maximum atomic E-state index is 6.11. The summed E-state index contributed by atoms with van der Waals surface area (Å²) in [5, 5.41) is 5.32. The number of thioether (sulfide) groups is 1. The molecule has 3 nitrogen and oxygen atoms in total. The van der Waals surface area contributed by atoms with Crippen LogP contribution in [-0.4, -0.2) is 22.5 Å². The molecular weight excluding hydrogens is 334 g/mol. The number of benzene rings is 1. The molecule has 0 aliphatic carbocycles. The van der Waals surface area contributed by atoms with Crippen LogP contribution in [0, 0.1) is 0 Å². The van der Waals surface area contributed by atoms with E-state index in [1.165, 1.54) is 25.0 Å². The zero-order chi connectivity index (χ0) is 13.9. The molecule has 1 aliphatic rings. The second kappa shape index (κ2) is 6.22. The van der Waals surface area contributed by atoms with Gasteiger partial charge in [0.15, 0.2) is 0 Å². The molecule has 1 saturated heterocycles. The van der Waals surface area contributed by atoms with Crippen LogP contribution in [0.4, 0.5) is 11.4 Å². The average Bonchev–Trinajstić information content (AvgIpc) is 2.47. The summed E-state index contributed by atoms with van der Waals surface area (Å²) in [6, 6.07) is 6.10. The highest BCUT2D eigenvalue weighted by Crippen LogP contribution is 2.31. The first kappa shape index (κ1) is 14.0. The molecule has 20 heavy (non-hydrogen) atoms. The molecule has 106 valence electrons. The minimum absolute atomic E-state index is 0.693. The second-order valence-corrected chi connectivity index (χ2v) is 7.44. The first-order chi connectivity index (χ1) is 9.74. The summed E-state index contributed by atoms with van der Waals surface area (Å²) in [6.07, 6.45) is 5.74. The molecule has 3 rings (SSSR count). The van der Waals surface area contributed by atoms with Gasteiger partial charge in [-0.3, -0.25) is 4.98 Å². The lowest BCUT2D eigenvalue weighted by Gasteiger charge is -2.22. The molecule has 0 saturated carbocycles. The molecule has 2 aromatic rings. The number of hydrogen-bond acceptors (Lipinski definition) is 4. The summed E-state index contributed by atoms with van der Waals surface area (Å²) in [7, 11) is 0. The summed E-state index contributed by atoms with van der Waals surface area (Å²) in [5.41, 5.74) is 8.81. The molecule has 0 radical (unpaired) electrons. The van der Waals surface area contributed by atoms with Crippen molar-refractivity contribution >= 4 is 50.0 Å². The molecule has 2 heterocycles. The van der Waals surface area contributed by atoms with Gasteiger partial charge in [-0.2, -0.15) is 11.8 Å². The van der Waals surface area contributed by atoms with Crippen molar-refractivity contribution < 1.29 is 0 Å². The lowest BCUT2D eigenvalue weighted by atomic mass is 10.1. The van der Waals surface area contributed by atoms with E-state index in [0.717, 1.165) is 33.3 Å². The fraction of sp³-hybridized carbons (Fsp3) is 0.400. The number of hydrogen-bond donors (Lipinski definition) is 2. The van der Waals surface area contributed by atoms with Crippen molar-refractivity contribution in [1.29, 1.82) is 0 Å². The van der Waals surface area contributed by atoms with Crippen LogP contribution in [-0.2, 0) is 0 Å². The molecule has 1 aromatic carbocycles. The zero-order valence-electron chi connectivity index (χ0n) is 11.2. The molecule has 1 aromatic heterocycles. The van der Waals surface area contributed by atoms with Crippen molar-refractivity contribution in [1.82, 2.24) is 4.98 Å². The van der Waals surface area contributed by atoms with Crippen LogP contribution >= 0.6 is 27.7 Å². The largest absolute Gasteiger partial charge is 0.396 e. The summed E-state index contributed by atoms with van der Waals surface area (Å²) in [4.78, 5) is 4.39. The van der Waals surface area contributed by atoms with Gasteiger partial charge in [0.1, 0.15) is 0 Å². The van der Waals surface area contributed by atoms with E-state index in [9.17, 15) is 0 Å². The number of nitrogen functional groups attached to an aromatic ring is 1. The Balaban J connectivity index is 1.85. The number of nitrogens with zero attached hydrogens (tertiary/aromatic N) is 1. The summed E-state index contributed by atoms with van der Waals surface area (Å²) < 4.78 is 1.05. The number of nitrogens with two attached hydrogens (primary N) is 1. The van der Waals surface area contributed by atoms with E-state index in [2.05, 4.69) is 44.1 Å². The SMILES string of the molecule is Nc1cnc2ccc(Br)cc2c1NCC1CCCCS1. The van der Waals surface area contributed by atoms with Crippen LogP contribution in [0.1, 0.15) is 19.3 Å². The van der Waals surface area contributed by atoms with Gasteiger partial charge in [0.2, 0.25) is 0 Å². The van der Waals surface area contributed by atoms with E-state index in [1.54, 1.807) is 6.20 Å². The van der Waals surface area contributed by atoms with Crippen LogP contribution in [0.3, 0.4) is 0 Å². The predicted octanol–water partition coefficient (Wildman–Crippen LogP) is 4.28. The molecule has 0 amide bonds. The Labute approximate surface area is 131 Å². The van der Waals surface area contributed by atoms with E-state index in [-0.39, 0.29) is 0 Å². The van der Waals surface area contributed by atoms with Gasteiger partial charge in [0.25, 0.3) is 0 Å². The normalized spacial score (nSPS) is 19.1. The third kappa shape index (κ3) is 3.04. The van der Waals surface area contributed by atoms with Gasteiger partial charge >= 0.3 is 0 Å². The Hall–Kier alpha value is -0.940. The minimum atomic E-state index is 0.693. The average molecular weight is 352 g/mol. The Morgan fingerprint density at radius 1 is 1.40 bits per heavy atom. The Morgan fingerprint density at radius 3 is 3.10 bits per heavy atom. The van der Waals surface area contributed by atoms with Crippen molar-refractivity contribution in [2.75, 3.05) is 23.3 Å². The molecule has 1 fully saturated rings. The van der Waals surface area contributed by atoms with E-state index in [4.69, 9.17) is 5.73 Å². The minimum Gasteiger partial charge on any atom is -0.396 e. The molecule has 0 bridgehead atoms. The quantitative estimate of drug-likeness (QED) is 0.866. The molecule has 1 aliphatic heterocycles. The Kier molecular flexibility index (Phi) is 4.36. The number of rotatable bonds is 3. The lowest BCUT2D eigenvalue weighted by molar-refractivity contribution is 0.678. The van der Waals surface area contributed by atoms with Crippen molar-refractivity contribution in [2.24, 2.45) is 0 Å². The van der Waals surface area contributed by atoms with Crippen LogP contribution in [0.25, 0.3) is 10.9 Å². The van der Waals surface area contributed by atoms with Crippen LogP contribution in [0.2, 0.25) is 0 Å². The summed E-state index contributed by atoms with van der Waals surface area (Å²) in [5.74, 6) is 1.28. The van der Waals surface area contributed by atoms with Gasteiger partial charge in [-0.05, 0) is 36.8 Å². The third-order valence-corrected chi connectivity index (χ3v) is 5.53. The maximum absolute atomic E-state index is 6.11. The van der Waals surface area contributed by atoms with E-state index in [0.29, 0.717) is 5.25 Å². The summed E-state index contributed by atoms with van der Waals surface area (Å²) >= 11 is 5.59. The predicted molar refractivity (Wildman–Crippen MR) is 92.4 cm³/mol. The van der Waals surface area contributed by atoms with E-state index < -0.39 is 0 Å². The molecule has 0 spiro atoms. The van der Waals surface area contributed by atoms with Gasteiger partial charge < -0.3 is 11.1 Å². The molecular formula is C15H18BrN3S. The van der Waals surface area contributed by atoms with Crippen LogP contribution < -0.4 is 11.1 Å². The molecule has 5 heteroatoms. The monoisotopic (exact) mass is 351 g/mol. The second-order valence-electron chi connectivity index (χ2n) is 5.12. The van der Waals surface area contributed by atoms with Gasteiger partial charge in [-0.1, -0.05) is 22.4 Å². The highest BCUT2D eigenvalue weighted by atomic mass is 79.9. The van der Waals surface area contributed by atoms with Crippen molar-refractivity contribution in [3.8, 4) is 0 Å². The maximum Gasteiger partial charge on any atom is 0.0743 e. The van der Waals surface area contributed by atoms with Gasteiger partial charge in [-0.25, -0.2) is 0 Å². The highest BCUT2D eigenvalue weighted by molar-refractivity contribution is 9.10. The Morgan fingerprint density at radius 2 is 2.30 bits per heavy atom. The lowest BCUT2D eigenvalue weighted by Crippen LogP contribution is -2.20. The topological polar surface area (TPSA) is 50.9 Å². The third-order valence-electron chi connectivity index (χ3n) is 3.64.